The fourth-order valence-corrected chi connectivity index (χ4v) is 2.67. The molecule has 18 heavy (non-hydrogen) atoms. The summed E-state index contributed by atoms with van der Waals surface area (Å²) in [4.78, 5) is 0. The van der Waals surface area contributed by atoms with Crippen LogP contribution >= 0.6 is 27.5 Å². The monoisotopic (exact) mass is 328 g/mol. The predicted octanol–water partition coefficient (Wildman–Crippen LogP) is 4.21. The molecule has 96 valence electrons. The smallest absolute Gasteiger partial charge is 0.137 e. The SMILES string of the molecule is CCOc1ccc(-c2c(Br)c(C)nn2C)cc1Cl. The number of halogens is 2. The lowest BCUT2D eigenvalue weighted by molar-refractivity contribution is 0.340. The van der Waals surface area contributed by atoms with E-state index in [0.29, 0.717) is 17.4 Å². The molecule has 5 heteroatoms. The quantitative estimate of drug-likeness (QED) is 0.843. The van der Waals surface area contributed by atoms with Crippen LogP contribution in [0.5, 0.6) is 5.75 Å². The van der Waals surface area contributed by atoms with Crippen molar-refractivity contribution in [2.75, 3.05) is 6.61 Å². The van der Waals surface area contributed by atoms with Gasteiger partial charge in [0.25, 0.3) is 0 Å². The van der Waals surface area contributed by atoms with E-state index in [1.165, 1.54) is 0 Å². The zero-order valence-electron chi connectivity index (χ0n) is 10.5. The van der Waals surface area contributed by atoms with E-state index in [4.69, 9.17) is 16.3 Å². The minimum Gasteiger partial charge on any atom is -0.492 e. The highest BCUT2D eigenvalue weighted by Gasteiger charge is 2.14. The van der Waals surface area contributed by atoms with Crippen LogP contribution in [0, 0.1) is 6.92 Å². The normalized spacial score (nSPS) is 10.7. The lowest BCUT2D eigenvalue weighted by Gasteiger charge is -2.08. The molecule has 1 aromatic heterocycles. The van der Waals surface area contributed by atoms with Crippen LogP contribution < -0.4 is 4.74 Å². The van der Waals surface area contributed by atoms with E-state index in [1.54, 1.807) is 0 Å². The number of benzene rings is 1. The fraction of sp³-hybridized carbons (Fsp3) is 0.308. The molecule has 0 saturated heterocycles. The van der Waals surface area contributed by atoms with Gasteiger partial charge in [-0.3, -0.25) is 4.68 Å². The molecular formula is C13H14BrClN2O. The molecule has 0 aliphatic carbocycles. The summed E-state index contributed by atoms with van der Waals surface area (Å²) in [5.74, 6) is 0.706. The van der Waals surface area contributed by atoms with Gasteiger partial charge in [-0.05, 0) is 48.0 Å². The summed E-state index contributed by atoms with van der Waals surface area (Å²) in [7, 11) is 1.91. The summed E-state index contributed by atoms with van der Waals surface area (Å²) in [6, 6.07) is 5.77. The first-order chi connectivity index (χ1) is 8.54. The van der Waals surface area contributed by atoms with Crippen LogP contribution in [0.4, 0.5) is 0 Å². The van der Waals surface area contributed by atoms with Gasteiger partial charge >= 0.3 is 0 Å². The lowest BCUT2D eigenvalue weighted by atomic mass is 10.1. The zero-order valence-corrected chi connectivity index (χ0v) is 12.8. The third-order valence-corrected chi connectivity index (χ3v) is 3.90. The third-order valence-electron chi connectivity index (χ3n) is 2.65. The Hall–Kier alpha value is -1.00. The number of aromatic nitrogens is 2. The van der Waals surface area contributed by atoms with E-state index in [0.717, 1.165) is 21.4 Å². The first-order valence-corrected chi connectivity index (χ1v) is 6.83. The number of ether oxygens (including phenoxy) is 1. The molecule has 3 nitrogen and oxygen atoms in total. The van der Waals surface area contributed by atoms with Gasteiger partial charge in [0.2, 0.25) is 0 Å². The van der Waals surface area contributed by atoms with Gasteiger partial charge in [-0.2, -0.15) is 5.10 Å². The second-order valence-corrected chi connectivity index (χ2v) is 5.15. The summed E-state index contributed by atoms with van der Waals surface area (Å²) in [5.41, 5.74) is 2.98. The molecule has 0 amide bonds. The zero-order chi connectivity index (χ0) is 13.3. The molecule has 2 aromatic rings. The summed E-state index contributed by atoms with van der Waals surface area (Å²) >= 11 is 9.75. The Morgan fingerprint density at radius 2 is 2.17 bits per heavy atom. The topological polar surface area (TPSA) is 27.1 Å². The third kappa shape index (κ3) is 2.40. The minimum absolute atomic E-state index is 0.605. The minimum atomic E-state index is 0.605. The maximum absolute atomic E-state index is 6.20. The molecule has 0 radical (unpaired) electrons. The van der Waals surface area contributed by atoms with E-state index in [9.17, 15) is 0 Å². The summed E-state index contributed by atoms with van der Waals surface area (Å²) < 4.78 is 8.26. The van der Waals surface area contributed by atoms with Gasteiger partial charge in [0.1, 0.15) is 5.75 Å². The summed E-state index contributed by atoms with van der Waals surface area (Å²) in [6.07, 6.45) is 0. The Morgan fingerprint density at radius 3 is 2.67 bits per heavy atom. The highest BCUT2D eigenvalue weighted by molar-refractivity contribution is 9.10. The van der Waals surface area contributed by atoms with Crippen molar-refractivity contribution in [1.29, 1.82) is 0 Å². The second-order valence-electron chi connectivity index (χ2n) is 3.95. The van der Waals surface area contributed by atoms with Crippen LogP contribution in [0.2, 0.25) is 5.02 Å². The molecule has 0 spiro atoms. The number of hydrogen-bond donors (Lipinski definition) is 0. The van der Waals surface area contributed by atoms with E-state index >= 15 is 0 Å². The van der Waals surface area contributed by atoms with Gasteiger partial charge in [-0.1, -0.05) is 11.6 Å². The Bertz CT molecular complexity index is 581. The van der Waals surface area contributed by atoms with E-state index < -0.39 is 0 Å². The average Bonchev–Trinajstić information content (AvgIpc) is 2.56. The van der Waals surface area contributed by atoms with Crippen molar-refractivity contribution in [2.45, 2.75) is 13.8 Å². The molecule has 2 rings (SSSR count). The first kappa shape index (κ1) is 13.4. The van der Waals surface area contributed by atoms with Crippen molar-refractivity contribution in [2.24, 2.45) is 7.05 Å². The van der Waals surface area contributed by atoms with Crippen molar-refractivity contribution in [3.8, 4) is 17.0 Å². The fourth-order valence-electron chi connectivity index (χ4n) is 1.87. The first-order valence-electron chi connectivity index (χ1n) is 5.66. The number of hydrogen-bond acceptors (Lipinski definition) is 2. The lowest BCUT2D eigenvalue weighted by Crippen LogP contribution is -1.95. The van der Waals surface area contributed by atoms with Crippen molar-refractivity contribution in [3.05, 3.63) is 33.4 Å². The van der Waals surface area contributed by atoms with E-state index in [1.807, 2.05) is 43.8 Å². The molecule has 0 N–H and O–H groups in total. The van der Waals surface area contributed by atoms with Crippen LogP contribution in [-0.4, -0.2) is 16.4 Å². The van der Waals surface area contributed by atoms with Crippen LogP contribution in [0.1, 0.15) is 12.6 Å². The van der Waals surface area contributed by atoms with Crippen LogP contribution in [0.3, 0.4) is 0 Å². The second kappa shape index (κ2) is 5.33. The Labute approximate surface area is 120 Å². The van der Waals surface area contributed by atoms with Crippen molar-refractivity contribution >= 4 is 27.5 Å². The van der Waals surface area contributed by atoms with Crippen LogP contribution in [0.15, 0.2) is 22.7 Å². The Kier molecular flexibility index (Phi) is 3.97. The molecule has 1 heterocycles. The average molecular weight is 330 g/mol. The maximum Gasteiger partial charge on any atom is 0.137 e. The van der Waals surface area contributed by atoms with Gasteiger partial charge in [0, 0.05) is 12.6 Å². The molecule has 0 unspecified atom stereocenters. The van der Waals surface area contributed by atoms with Crippen molar-refractivity contribution in [1.82, 2.24) is 9.78 Å². The van der Waals surface area contributed by atoms with Crippen LogP contribution in [-0.2, 0) is 7.05 Å². The van der Waals surface area contributed by atoms with Crippen molar-refractivity contribution < 1.29 is 4.74 Å². The summed E-state index contributed by atoms with van der Waals surface area (Å²) in [6.45, 7) is 4.50. The Morgan fingerprint density at radius 1 is 1.44 bits per heavy atom. The molecule has 1 aromatic carbocycles. The molecule has 0 aliphatic rings. The summed E-state index contributed by atoms with van der Waals surface area (Å²) in [5, 5.41) is 4.98. The largest absolute Gasteiger partial charge is 0.492 e. The Balaban J connectivity index is 2.49. The van der Waals surface area contributed by atoms with E-state index in [2.05, 4.69) is 21.0 Å². The highest BCUT2D eigenvalue weighted by Crippen LogP contribution is 2.34. The highest BCUT2D eigenvalue weighted by atomic mass is 79.9. The van der Waals surface area contributed by atoms with Gasteiger partial charge in [-0.15, -0.1) is 0 Å². The van der Waals surface area contributed by atoms with Crippen LogP contribution in [0.25, 0.3) is 11.3 Å². The van der Waals surface area contributed by atoms with Gasteiger partial charge in [0.05, 0.1) is 27.5 Å². The number of nitrogens with zero attached hydrogens (tertiary/aromatic N) is 2. The molecule has 0 fully saturated rings. The molecule has 0 atom stereocenters. The maximum atomic E-state index is 6.20. The van der Waals surface area contributed by atoms with E-state index in [-0.39, 0.29) is 0 Å². The van der Waals surface area contributed by atoms with Gasteiger partial charge in [0.15, 0.2) is 0 Å². The van der Waals surface area contributed by atoms with Gasteiger partial charge < -0.3 is 4.74 Å². The molecule has 0 saturated carbocycles. The molecule has 0 aliphatic heterocycles. The number of aryl methyl sites for hydroxylation is 2. The van der Waals surface area contributed by atoms with Gasteiger partial charge in [-0.25, -0.2) is 0 Å². The standard InChI is InChI=1S/C13H14BrClN2O/c1-4-18-11-6-5-9(7-10(11)15)13-12(14)8(2)16-17(13)3/h5-7H,4H2,1-3H3. The molecular weight excluding hydrogens is 316 g/mol. The molecule has 0 bridgehead atoms. The predicted molar refractivity (Wildman–Crippen MR) is 77.3 cm³/mol. The van der Waals surface area contributed by atoms with Crippen molar-refractivity contribution in [3.63, 3.8) is 0 Å². The number of rotatable bonds is 3.